The molecule has 0 saturated carbocycles. The van der Waals surface area contributed by atoms with Gasteiger partial charge in [-0.1, -0.05) is 24.6 Å². The summed E-state index contributed by atoms with van der Waals surface area (Å²) in [4.78, 5) is 31.2. The molecule has 4 heterocycles. The Kier molecular flexibility index (Phi) is 7.27. The predicted octanol–water partition coefficient (Wildman–Crippen LogP) is 4.95. The number of halogens is 4. The monoisotopic (exact) mass is 514 g/mol. The van der Waals surface area contributed by atoms with E-state index in [4.69, 9.17) is 21.1 Å². The van der Waals surface area contributed by atoms with Gasteiger partial charge in [-0.05, 0) is 32.3 Å². The second-order valence-electron chi connectivity index (χ2n) is 8.60. The number of amides is 2. The van der Waals surface area contributed by atoms with E-state index < -0.39 is 24.0 Å². The molecule has 2 aromatic rings. The number of nitrogens with one attached hydrogen (secondary N) is 1. The Morgan fingerprint density at radius 2 is 2.11 bits per heavy atom. The SMILES string of the molecule is CC[C@@H](NC(=O)Oc1cc(C(=O)N2CCC[C@@H]2C)n2c1COCC2)c1ccc(C(F)(F)F)nc1Cl. The first-order valence-electron chi connectivity index (χ1n) is 11.4. The summed E-state index contributed by atoms with van der Waals surface area (Å²) in [7, 11) is 0. The van der Waals surface area contributed by atoms with Crippen molar-refractivity contribution in [2.24, 2.45) is 0 Å². The molecule has 2 aromatic heterocycles. The molecule has 12 heteroatoms. The number of alkyl halides is 3. The van der Waals surface area contributed by atoms with Crippen LogP contribution in [-0.4, -0.2) is 45.6 Å². The van der Waals surface area contributed by atoms with Crippen LogP contribution in [0.1, 0.15) is 66.6 Å². The van der Waals surface area contributed by atoms with Crippen LogP contribution in [-0.2, 0) is 24.1 Å². The van der Waals surface area contributed by atoms with E-state index in [-0.39, 0.29) is 35.0 Å². The van der Waals surface area contributed by atoms with Gasteiger partial charge in [-0.25, -0.2) is 9.78 Å². The average molecular weight is 515 g/mol. The predicted molar refractivity (Wildman–Crippen MR) is 120 cm³/mol. The quantitative estimate of drug-likeness (QED) is 0.571. The zero-order chi connectivity index (χ0) is 25.3. The van der Waals surface area contributed by atoms with Crippen molar-refractivity contribution < 1.29 is 32.2 Å². The third-order valence-corrected chi connectivity index (χ3v) is 6.65. The standard InChI is InChI=1S/C23H26ClF3N4O4/c1-3-15(14-6-7-19(23(25,26)27)29-20(14)24)28-22(33)35-18-11-16(31-9-10-34-12-17(18)31)21(32)30-8-4-5-13(30)2/h6-7,11,13,15H,3-5,8-10,12H2,1-2H3,(H,28,33)/t13-,15+/m0/s1. The molecule has 0 spiro atoms. The smallest absolute Gasteiger partial charge is 0.408 e. The van der Waals surface area contributed by atoms with Crippen LogP contribution in [0.5, 0.6) is 5.75 Å². The molecule has 0 bridgehead atoms. The van der Waals surface area contributed by atoms with Crippen molar-refractivity contribution >= 4 is 23.6 Å². The van der Waals surface area contributed by atoms with Crippen LogP contribution in [0.2, 0.25) is 5.15 Å². The van der Waals surface area contributed by atoms with Crippen LogP contribution >= 0.6 is 11.6 Å². The molecule has 2 amide bonds. The molecular weight excluding hydrogens is 489 g/mol. The van der Waals surface area contributed by atoms with Crippen molar-refractivity contribution in [1.29, 1.82) is 0 Å². The molecule has 1 saturated heterocycles. The molecule has 8 nitrogen and oxygen atoms in total. The molecule has 2 atom stereocenters. The van der Waals surface area contributed by atoms with Crippen LogP contribution in [0.25, 0.3) is 0 Å². The van der Waals surface area contributed by atoms with Crippen LogP contribution in [0.15, 0.2) is 18.2 Å². The molecule has 0 unspecified atom stereocenters. The Hall–Kier alpha value is -2.79. The lowest BCUT2D eigenvalue weighted by molar-refractivity contribution is -0.141. The minimum Gasteiger partial charge on any atom is -0.408 e. The molecule has 35 heavy (non-hydrogen) atoms. The molecule has 1 fully saturated rings. The summed E-state index contributed by atoms with van der Waals surface area (Å²) >= 11 is 5.99. The Balaban J connectivity index is 1.52. The lowest BCUT2D eigenvalue weighted by Gasteiger charge is -2.24. The Labute approximate surface area is 205 Å². The maximum Gasteiger partial charge on any atom is 0.433 e. The third-order valence-electron chi connectivity index (χ3n) is 6.35. The van der Waals surface area contributed by atoms with E-state index >= 15 is 0 Å². The van der Waals surface area contributed by atoms with Gasteiger partial charge in [0.25, 0.3) is 5.91 Å². The van der Waals surface area contributed by atoms with Gasteiger partial charge < -0.3 is 24.3 Å². The number of fused-ring (bicyclic) bond motifs is 1. The molecular formula is C23H26ClF3N4O4. The van der Waals surface area contributed by atoms with Crippen LogP contribution in [0.4, 0.5) is 18.0 Å². The first-order valence-corrected chi connectivity index (χ1v) is 11.8. The number of nitrogens with zero attached hydrogens (tertiary/aromatic N) is 3. The summed E-state index contributed by atoms with van der Waals surface area (Å²) in [6, 6.07) is 2.95. The van der Waals surface area contributed by atoms with E-state index in [1.807, 2.05) is 16.4 Å². The number of carbonyl (C=O) groups is 2. The van der Waals surface area contributed by atoms with E-state index in [1.165, 1.54) is 6.07 Å². The first kappa shape index (κ1) is 25.3. The van der Waals surface area contributed by atoms with E-state index in [0.717, 1.165) is 18.9 Å². The summed E-state index contributed by atoms with van der Waals surface area (Å²) in [5.74, 6) is 0.0753. The Bertz CT molecular complexity index is 1120. The highest BCUT2D eigenvalue weighted by Gasteiger charge is 2.34. The summed E-state index contributed by atoms with van der Waals surface area (Å²) in [5, 5.41) is 2.27. The van der Waals surface area contributed by atoms with E-state index in [9.17, 15) is 22.8 Å². The van der Waals surface area contributed by atoms with Gasteiger partial charge in [-0.15, -0.1) is 0 Å². The number of hydrogen-bond donors (Lipinski definition) is 1. The molecule has 2 aliphatic rings. The second-order valence-corrected chi connectivity index (χ2v) is 8.96. The Morgan fingerprint density at radius 3 is 2.74 bits per heavy atom. The van der Waals surface area contributed by atoms with Gasteiger partial charge in [0, 0.05) is 30.8 Å². The molecule has 2 aliphatic heterocycles. The molecule has 1 N–H and O–H groups in total. The van der Waals surface area contributed by atoms with E-state index in [2.05, 4.69) is 10.3 Å². The largest absolute Gasteiger partial charge is 0.433 e. The van der Waals surface area contributed by atoms with E-state index in [1.54, 1.807) is 13.0 Å². The minimum absolute atomic E-state index is 0.123. The van der Waals surface area contributed by atoms with Gasteiger partial charge in [-0.3, -0.25) is 4.79 Å². The van der Waals surface area contributed by atoms with Gasteiger partial charge in [0.1, 0.15) is 16.5 Å². The van der Waals surface area contributed by atoms with Gasteiger partial charge in [0.05, 0.1) is 24.9 Å². The number of aromatic nitrogens is 2. The van der Waals surface area contributed by atoms with Gasteiger partial charge in [0.2, 0.25) is 0 Å². The zero-order valence-electron chi connectivity index (χ0n) is 19.3. The maximum atomic E-state index is 13.2. The molecule has 4 rings (SSSR count). The van der Waals surface area contributed by atoms with Crippen LogP contribution in [0.3, 0.4) is 0 Å². The highest BCUT2D eigenvalue weighted by Crippen LogP contribution is 2.33. The third kappa shape index (κ3) is 5.25. The second kappa shape index (κ2) is 10.1. The maximum absolute atomic E-state index is 13.2. The first-order chi connectivity index (χ1) is 16.6. The number of rotatable bonds is 5. The lowest BCUT2D eigenvalue weighted by Crippen LogP contribution is -2.35. The highest BCUT2D eigenvalue weighted by molar-refractivity contribution is 6.30. The fourth-order valence-electron chi connectivity index (χ4n) is 4.47. The van der Waals surface area contributed by atoms with Crippen LogP contribution in [0, 0.1) is 0 Å². The van der Waals surface area contributed by atoms with Crippen molar-refractivity contribution in [3.63, 3.8) is 0 Å². The zero-order valence-corrected chi connectivity index (χ0v) is 20.1. The van der Waals surface area contributed by atoms with Gasteiger partial charge >= 0.3 is 12.3 Å². The number of hydrogen-bond acceptors (Lipinski definition) is 5. The highest BCUT2D eigenvalue weighted by atomic mass is 35.5. The topological polar surface area (TPSA) is 85.7 Å². The lowest BCUT2D eigenvalue weighted by atomic mass is 10.1. The van der Waals surface area contributed by atoms with Crippen molar-refractivity contribution in [3.8, 4) is 5.75 Å². The molecule has 0 aromatic carbocycles. The summed E-state index contributed by atoms with van der Waals surface area (Å²) < 4.78 is 51.6. The average Bonchev–Trinajstić information content (AvgIpc) is 3.40. The summed E-state index contributed by atoms with van der Waals surface area (Å²) in [5.41, 5.74) is 0.125. The van der Waals surface area contributed by atoms with Crippen molar-refractivity contribution in [2.75, 3.05) is 13.2 Å². The molecule has 0 aliphatic carbocycles. The van der Waals surface area contributed by atoms with Crippen LogP contribution < -0.4 is 10.1 Å². The number of carbonyl (C=O) groups excluding carboxylic acids is 2. The summed E-state index contributed by atoms with van der Waals surface area (Å²) in [6.45, 7) is 5.48. The Morgan fingerprint density at radius 1 is 1.34 bits per heavy atom. The fourth-order valence-corrected chi connectivity index (χ4v) is 4.76. The van der Waals surface area contributed by atoms with Crippen molar-refractivity contribution in [2.45, 2.75) is 64.5 Å². The fraction of sp³-hybridized carbons (Fsp3) is 0.522. The molecule has 190 valence electrons. The number of likely N-dealkylation sites (tertiary alicyclic amines) is 1. The van der Waals surface area contributed by atoms with Gasteiger partial charge in [-0.2, -0.15) is 13.2 Å². The van der Waals surface area contributed by atoms with Crippen molar-refractivity contribution in [1.82, 2.24) is 19.8 Å². The molecule has 0 radical (unpaired) electrons. The van der Waals surface area contributed by atoms with Crippen molar-refractivity contribution in [3.05, 3.63) is 46.0 Å². The van der Waals surface area contributed by atoms with Gasteiger partial charge in [0.15, 0.2) is 5.75 Å². The summed E-state index contributed by atoms with van der Waals surface area (Å²) in [6.07, 6.45) is -3.26. The number of ether oxygens (including phenoxy) is 2. The minimum atomic E-state index is -4.63. The van der Waals surface area contributed by atoms with E-state index in [0.29, 0.717) is 37.5 Å². The normalized spacial score (nSPS) is 18.8. The number of pyridine rings is 1.